The first-order valence-corrected chi connectivity index (χ1v) is 11.9. The number of halogens is 1. The third-order valence-corrected chi connectivity index (χ3v) is 6.46. The maximum atomic E-state index is 12.0. The number of piperidine rings is 1. The number of hydrogen-bond acceptors (Lipinski definition) is 12. The Labute approximate surface area is 209 Å². The van der Waals surface area contributed by atoms with Gasteiger partial charge >= 0.3 is 6.09 Å². The maximum Gasteiger partial charge on any atom is 0.409 e. The summed E-state index contributed by atoms with van der Waals surface area (Å²) in [6.07, 6.45) is -2.29. The topological polar surface area (TPSA) is 181 Å². The number of aliphatic hydroxyl groups excluding tert-OH is 3. The molecule has 2 fully saturated rings. The number of amides is 1. The van der Waals surface area contributed by atoms with Crippen molar-refractivity contribution in [1.82, 2.24) is 29.6 Å². The summed E-state index contributed by atoms with van der Waals surface area (Å²) in [6, 6.07) is 1.46. The highest BCUT2D eigenvalue weighted by Crippen LogP contribution is 2.40. The molecule has 4 N–H and O–H groups in total. The van der Waals surface area contributed by atoms with E-state index in [1.807, 2.05) is 0 Å². The van der Waals surface area contributed by atoms with Crippen molar-refractivity contribution in [2.24, 2.45) is 0 Å². The fraction of sp³-hybridized carbons (Fsp3) is 0.571. The highest BCUT2D eigenvalue weighted by molar-refractivity contribution is 6.28. The first-order chi connectivity index (χ1) is 17.4. The monoisotopic (exact) mass is 523 g/mol. The predicted octanol–water partition coefficient (Wildman–Crippen LogP) is 0.985. The highest BCUT2D eigenvalue weighted by atomic mass is 35.5. The molecule has 0 spiro atoms. The maximum absolute atomic E-state index is 12.0. The summed E-state index contributed by atoms with van der Waals surface area (Å²) in [4.78, 5) is 26.6. The number of nitrogens with zero attached hydrogens (tertiary/aromatic N) is 6. The SMILES string of the molecule is CCOC(=O)N1CCC(Nc2nc(Cl)nc3c2ncn3[C@@H]2O[C@H](c3cc(CO)no3)[C@@H](O)[C@H]2O)CC1. The van der Waals surface area contributed by atoms with E-state index in [0.29, 0.717) is 49.5 Å². The summed E-state index contributed by atoms with van der Waals surface area (Å²) in [6.45, 7) is 2.84. The Morgan fingerprint density at radius 3 is 2.75 bits per heavy atom. The van der Waals surface area contributed by atoms with Gasteiger partial charge in [0.2, 0.25) is 5.28 Å². The number of fused-ring (bicyclic) bond motifs is 1. The Bertz CT molecular complexity index is 1230. The summed E-state index contributed by atoms with van der Waals surface area (Å²) in [5, 5.41) is 37.5. The van der Waals surface area contributed by atoms with Crippen LogP contribution in [-0.4, -0.2) is 88.9 Å². The van der Waals surface area contributed by atoms with Gasteiger partial charge in [-0.1, -0.05) is 5.16 Å². The zero-order valence-corrected chi connectivity index (χ0v) is 20.1. The number of rotatable bonds is 6. The molecule has 0 aliphatic carbocycles. The zero-order chi connectivity index (χ0) is 25.4. The van der Waals surface area contributed by atoms with Crippen LogP contribution in [0.5, 0.6) is 0 Å². The molecule has 3 aromatic rings. The number of likely N-dealkylation sites (tertiary alicyclic amines) is 1. The summed E-state index contributed by atoms with van der Waals surface area (Å²) < 4.78 is 17.6. The van der Waals surface area contributed by atoms with Crippen LogP contribution in [0.25, 0.3) is 11.2 Å². The van der Waals surface area contributed by atoms with Crippen LogP contribution >= 0.6 is 11.6 Å². The molecule has 2 aliphatic heterocycles. The number of carbonyl (C=O) groups excluding carboxylic acids is 1. The van der Waals surface area contributed by atoms with Crippen LogP contribution in [-0.2, 0) is 16.1 Å². The van der Waals surface area contributed by atoms with Gasteiger partial charge in [0.05, 0.1) is 19.5 Å². The molecule has 14 nitrogen and oxygen atoms in total. The molecular weight excluding hydrogens is 498 g/mol. The molecule has 2 aliphatic rings. The number of hydrogen-bond donors (Lipinski definition) is 4. The molecule has 0 saturated carbocycles. The molecule has 0 radical (unpaired) electrons. The summed E-state index contributed by atoms with van der Waals surface area (Å²) in [5.41, 5.74) is 0.977. The second-order valence-electron chi connectivity index (χ2n) is 8.58. The van der Waals surface area contributed by atoms with Gasteiger partial charge in [-0.15, -0.1) is 0 Å². The van der Waals surface area contributed by atoms with E-state index in [2.05, 4.69) is 25.4 Å². The van der Waals surface area contributed by atoms with Crippen molar-refractivity contribution in [3.63, 3.8) is 0 Å². The van der Waals surface area contributed by atoms with Crippen molar-refractivity contribution in [1.29, 1.82) is 0 Å². The van der Waals surface area contributed by atoms with Crippen molar-refractivity contribution < 1.29 is 34.1 Å². The number of imidazole rings is 1. The lowest BCUT2D eigenvalue weighted by Crippen LogP contribution is -2.42. The molecule has 2 saturated heterocycles. The van der Waals surface area contributed by atoms with Crippen LogP contribution in [0, 0.1) is 0 Å². The second-order valence-corrected chi connectivity index (χ2v) is 8.92. The van der Waals surface area contributed by atoms with E-state index in [0.717, 1.165) is 0 Å². The van der Waals surface area contributed by atoms with E-state index in [1.54, 1.807) is 11.8 Å². The number of anilines is 1. The lowest BCUT2D eigenvalue weighted by Gasteiger charge is -2.31. The largest absolute Gasteiger partial charge is 0.450 e. The van der Waals surface area contributed by atoms with E-state index in [-0.39, 0.29) is 35.5 Å². The van der Waals surface area contributed by atoms with E-state index >= 15 is 0 Å². The van der Waals surface area contributed by atoms with Gasteiger partial charge in [0.1, 0.15) is 24.0 Å². The van der Waals surface area contributed by atoms with Gasteiger partial charge < -0.3 is 39.5 Å². The second kappa shape index (κ2) is 10.1. The van der Waals surface area contributed by atoms with Gasteiger partial charge in [-0.2, -0.15) is 9.97 Å². The number of nitrogens with one attached hydrogen (secondary N) is 1. The molecule has 1 amide bonds. The van der Waals surface area contributed by atoms with Gasteiger partial charge in [0, 0.05) is 25.2 Å². The van der Waals surface area contributed by atoms with Crippen molar-refractivity contribution in [2.45, 2.75) is 57.0 Å². The summed E-state index contributed by atoms with van der Waals surface area (Å²) in [7, 11) is 0. The number of ether oxygens (including phenoxy) is 2. The fourth-order valence-corrected chi connectivity index (χ4v) is 4.62. The normalized spacial score (nSPS) is 25.0. The van der Waals surface area contributed by atoms with Crippen LogP contribution in [0.4, 0.5) is 10.6 Å². The van der Waals surface area contributed by atoms with E-state index in [4.69, 9.17) is 25.6 Å². The number of carbonyl (C=O) groups is 1. The first kappa shape index (κ1) is 24.6. The Hall–Kier alpha value is -3.04. The first-order valence-electron chi connectivity index (χ1n) is 11.6. The minimum absolute atomic E-state index is 0.0155. The van der Waals surface area contributed by atoms with Crippen LogP contribution in [0.15, 0.2) is 16.9 Å². The van der Waals surface area contributed by atoms with E-state index in [1.165, 1.54) is 17.0 Å². The van der Waals surface area contributed by atoms with Gasteiger partial charge in [-0.3, -0.25) is 4.57 Å². The molecule has 3 aromatic heterocycles. The van der Waals surface area contributed by atoms with Crippen molar-refractivity contribution >= 4 is 34.7 Å². The van der Waals surface area contributed by atoms with E-state index < -0.39 is 24.5 Å². The molecule has 4 atom stereocenters. The third kappa shape index (κ3) is 4.57. The number of aromatic nitrogens is 5. The van der Waals surface area contributed by atoms with Crippen molar-refractivity contribution in [2.75, 3.05) is 25.0 Å². The summed E-state index contributed by atoms with van der Waals surface area (Å²) >= 11 is 6.21. The highest BCUT2D eigenvalue weighted by Gasteiger charge is 2.47. The fourth-order valence-electron chi connectivity index (χ4n) is 4.45. The Kier molecular flexibility index (Phi) is 6.94. The predicted molar refractivity (Wildman–Crippen MR) is 123 cm³/mol. The Morgan fingerprint density at radius 1 is 1.28 bits per heavy atom. The third-order valence-electron chi connectivity index (χ3n) is 6.29. The molecule has 0 aromatic carbocycles. The average molecular weight is 524 g/mol. The standard InChI is InChI=1S/C21H26ClN7O7/c1-2-34-21(33)28-5-3-10(4-6-28)24-17-13-18(26-20(22)25-17)29(9-23-13)19-15(32)14(31)16(35-19)12-7-11(8-30)27-36-12/h7,9-10,14-16,19,30-32H,2-6,8H2,1H3,(H,24,25,26)/t14-,15+,16+,19+/m0/s1. The molecule has 0 bridgehead atoms. The molecule has 15 heteroatoms. The van der Waals surface area contributed by atoms with Crippen LogP contribution in [0.3, 0.4) is 0 Å². The average Bonchev–Trinajstić information content (AvgIpc) is 3.58. The minimum atomic E-state index is -1.34. The van der Waals surface area contributed by atoms with Crippen molar-refractivity contribution in [3.05, 3.63) is 29.1 Å². The van der Waals surface area contributed by atoms with Gasteiger partial charge in [0.15, 0.2) is 29.0 Å². The molecular formula is C21H26ClN7O7. The number of aliphatic hydroxyl groups is 3. The van der Waals surface area contributed by atoms with Crippen LogP contribution in [0.2, 0.25) is 5.28 Å². The van der Waals surface area contributed by atoms with E-state index in [9.17, 15) is 20.1 Å². The summed E-state index contributed by atoms with van der Waals surface area (Å²) in [5.74, 6) is 0.576. The quantitative estimate of drug-likeness (QED) is 0.337. The lowest BCUT2D eigenvalue weighted by atomic mass is 10.1. The van der Waals surface area contributed by atoms with Gasteiger partial charge in [-0.25, -0.2) is 9.78 Å². The molecule has 36 heavy (non-hydrogen) atoms. The smallest absolute Gasteiger partial charge is 0.409 e. The molecule has 5 heterocycles. The Balaban J connectivity index is 1.35. The Morgan fingerprint density at radius 2 is 2.06 bits per heavy atom. The van der Waals surface area contributed by atoms with Gasteiger partial charge in [-0.05, 0) is 31.4 Å². The lowest BCUT2D eigenvalue weighted by molar-refractivity contribution is -0.0434. The minimum Gasteiger partial charge on any atom is -0.450 e. The molecule has 5 rings (SSSR count). The molecule has 0 unspecified atom stereocenters. The zero-order valence-electron chi connectivity index (χ0n) is 19.3. The van der Waals surface area contributed by atoms with Crippen molar-refractivity contribution in [3.8, 4) is 0 Å². The molecule has 194 valence electrons. The van der Waals surface area contributed by atoms with Gasteiger partial charge in [0.25, 0.3) is 0 Å². The van der Waals surface area contributed by atoms with Crippen LogP contribution in [0.1, 0.15) is 43.6 Å². The van der Waals surface area contributed by atoms with Crippen LogP contribution < -0.4 is 5.32 Å².